The molecule has 0 unspecified atom stereocenters. The topological polar surface area (TPSA) is 37.0 Å². The summed E-state index contributed by atoms with van der Waals surface area (Å²) in [5.74, 6) is 0. The second-order valence-corrected chi connectivity index (χ2v) is 8.55. The lowest BCUT2D eigenvalue weighted by atomic mass is 9.90. The molecule has 152 valence electrons. The molecule has 3 nitrogen and oxygen atoms in total. The number of nitrogens with zero attached hydrogens (tertiary/aromatic N) is 1. The summed E-state index contributed by atoms with van der Waals surface area (Å²) < 4.78 is 0. The lowest BCUT2D eigenvalue weighted by Crippen LogP contribution is -2.37. The fraction of sp³-hybridized carbons (Fsp3) is 0.400. The third kappa shape index (κ3) is 5.71. The van der Waals surface area contributed by atoms with Gasteiger partial charge in [0, 0.05) is 34.4 Å². The Bertz CT molecular complexity index is 904. The average Bonchev–Trinajstić information content (AvgIpc) is 2.75. The van der Waals surface area contributed by atoms with Gasteiger partial charge in [-0.15, -0.1) is 0 Å². The Morgan fingerprint density at radius 2 is 1.69 bits per heavy atom. The van der Waals surface area contributed by atoms with Crippen LogP contribution in [0.2, 0.25) is 5.02 Å². The SMILES string of the molecule is Clc1ccc2c(N[C@H]3CC[C@@H](NCCCCc4ccccc4)CC3)ccnc2c1. The number of aryl methyl sites for hydroxylation is 1. The van der Waals surface area contributed by atoms with Gasteiger partial charge in [-0.2, -0.15) is 0 Å². The van der Waals surface area contributed by atoms with Crippen LogP contribution in [0.25, 0.3) is 10.9 Å². The molecule has 1 heterocycles. The maximum atomic E-state index is 6.10. The molecule has 0 amide bonds. The van der Waals surface area contributed by atoms with E-state index in [1.807, 2.05) is 18.3 Å². The summed E-state index contributed by atoms with van der Waals surface area (Å²) >= 11 is 6.10. The van der Waals surface area contributed by atoms with Crippen molar-refractivity contribution in [2.45, 2.75) is 57.0 Å². The van der Waals surface area contributed by atoms with E-state index >= 15 is 0 Å². The number of pyridine rings is 1. The van der Waals surface area contributed by atoms with E-state index in [-0.39, 0.29) is 0 Å². The molecule has 4 heteroatoms. The minimum absolute atomic E-state index is 0.535. The van der Waals surface area contributed by atoms with Gasteiger partial charge in [0.05, 0.1) is 5.52 Å². The molecule has 1 aliphatic carbocycles. The summed E-state index contributed by atoms with van der Waals surface area (Å²) in [4.78, 5) is 4.44. The van der Waals surface area contributed by atoms with Gasteiger partial charge < -0.3 is 10.6 Å². The first-order valence-corrected chi connectivity index (χ1v) is 11.2. The number of hydrogen-bond donors (Lipinski definition) is 2. The molecule has 4 rings (SSSR count). The minimum Gasteiger partial charge on any atom is -0.382 e. The summed E-state index contributed by atoms with van der Waals surface area (Å²) in [6, 6.07) is 20.0. The molecule has 0 spiro atoms. The van der Waals surface area contributed by atoms with E-state index in [1.165, 1.54) is 56.2 Å². The third-order valence-corrected chi connectivity index (χ3v) is 6.19. The Balaban J connectivity index is 1.18. The van der Waals surface area contributed by atoms with Crippen molar-refractivity contribution in [3.05, 3.63) is 71.4 Å². The molecular weight excluding hydrogens is 378 g/mol. The lowest BCUT2D eigenvalue weighted by Gasteiger charge is -2.30. The fourth-order valence-corrected chi connectivity index (χ4v) is 4.48. The smallest absolute Gasteiger partial charge is 0.0737 e. The Morgan fingerprint density at radius 1 is 0.897 bits per heavy atom. The Hall–Kier alpha value is -2.10. The van der Waals surface area contributed by atoms with Crippen LogP contribution >= 0.6 is 11.6 Å². The van der Waals surface area contributed by atoms with Crippen LogP contribution in [0.3, 0.4) is 0 Å². The van der Waals surface area contributed by atoms with Crippen molar-refractivity contribution in [2.75, 3.05) is 11.9 Å². The summed E-state index contributed by atoms with van der Waals surface area (Å²) in [6.45, 7) is 1.13. The molecule has 3 aromatic rings. The van der Waals surface area contributed by atoms with Crippen LogP contribution in [0.15, 0.2) is 60.8 Å². The van der Waals surface area contributed by atoms with Gasteiger partial charge in [-0.1, -0.05) is 41.9 Å². The highest BCUT2D eigenvalue weighted by atomic mass is 35.5. The summed E-state index contributed by atoms with van der Waals surface area (Å²) in [7, 11) is 0. The van der Waals surface area contributed by atoms with Gasteiger partial charge in [0.1, 0.15) is 0 Å². The minimum atomic E-state index is 0.535. The van der Waals surface area contributed by atoms with Crippen molar-refractivity contribution in [1.82, 2.24) is 10.3 Å². The van der Waals surface area contributed by atoms with Crippen LogP contribution in [0.4, 0.5) is 5.69 Å². The Morgan fingerprint density at radius 3 is 2.52 bits per heavy atom. The first kappa shape index (κ1) is 20.2. The van der Waals surface area contributed by atoms with Crippen molar-refractivity contribution in [3.63, 3.8) is 0 Å². The highest BCUT2D eigenvalue weighted by Gasteiger charge is 2.21. The van der Waals surface area contributed by atoms with Crippen molar-refractivity contribution in [2.24, 2.45) is 0 Å². The number of aromatic nitrogens is 1. The predicted molar refractivity (Wildman–Crippen MR) is 124 cm³/mol. The van der Waals surface area contributed by atoms with E-state index in [0.29, 0.717) is 12.1 Å². The van der Waals surface area contributed by atoms with Crippen LogP contribution in [0.1, 0.15) is 44.1 Å². The van der Waals surface area contributed by atoms with Crippen LogP contribution in [-0.4, -0.2) is 23.6 Å². The van der Waals surface area contributed by atoms with Crippen LogP contribution in [-0.2, 0) is 6.42 Å². The van der Waals surface area contributed by atoms with Gasteiger partial charge in [-0.05, 0) is 81.3 Å². The summed E-state index contributed by atoms with van der Waals surface area (Å²) in [5, 5.41) is 9.41. The second-order valence-electron chi connectivity index (χ2n) is 8.11. The first-order valence-electron chi connectivity index (χ1n) is 10.9. The molecule has 1 aromatic heterocycles. The number of halogens is 1. The molecule has 1 fully saturated rings. The van der Waals surface area contributed by atoms with E-state index in [4.69, 9.17) is 11.6 Å². The zero-order chi connectivity index (χ0) is 19.9. The Labute approximate surface area is 178 Å². The van der Waals surface area contributed by atoms with Crippen molar-refractivity contribution >= 4 is 28.2 Å². The molecule has 2 aromatic carbocycles. The molecule has 0 saturated heterocycles. The number of unbranched alkanes of at least 4 members (excludes halogenated alkanes) is 1. The van der Waals surface area contributed by atoms with Crippen LogP contribution in [0, 0.1) is 0 Å². The van der Waals surface area contributed by atoms with Gasteiger partial charge in [0.15, 0.2) is 0 Å². The molecule has 2 N–H and O–H groups in total. The second kappa shape index (κ2) is 10.1. The molecule has 0 radical (unpaired) electrons. The molecule has 29 heavy (non-hydrogen) atoms. The normalized spacial score (nSPS) is 19.3. The predicted octanol–water partition coefficient (Wildman–Crippen LogP) is 6.22. The van der Waals surface area contributed by atoms with Crippen LogP contribution < -0.4 is 10.6 Å². The third-order valence-electron chi connectivity index (χ3n) is 5.96. The van der Waals surface area contributed by atoms with Gasteiger partial charge in [0.25, 0.3) is 0 Å². The maximum absolute atomic E-state index is 6.10. The van der Waals surface area contributed by atoms with E-state index in [9.17, 15) is 0 Å². The molecule has 1 saturated carbocycles. The van der Waals surface area contributed by atoms with Crippen molar-refractivity contribution in [3.8, 4) is 0 Å². The molecular formula is C25H30ClN3. The highest BCUT2D eigenvalue weighted by Crippen LogP contribution is 2.28. The molecule has 1 aliphatic rings. The summed E-state index contributed by atoms with van der Waals surface area (Å²) in [5.41, 5.74) is 3.57. The highest BCUT2D eigenvalue weighted by molar-refractivity contribution is 6.31. The quantitative estimate of drug-likeness (QED) is 0.435. The first-order chi connectivity index (χ1) is 14.3. The van der Waals surface area contributed by atoms with Gasteiger partial charge in [-0.25, -0.2) is 0 Å². The monoisotopic (exact) mass is 407 g/mol. The zero-order valence-corrected chi connectivity index (χ0v) is 17.7. The summed E-state index contributed by atoms with van der Waals surface area (Å²) in [6.07, 6.45) is 10.5. The lowest BCUT2D eigenvalue weighted by molar-refractivity contribution is 0.352. The number of fused-ring (bicyclic) bond motifs is 1. The number of rotatable bonds is 8. The molecule has 0 aliphatic heterocycles. The number of hydrogen-bond acceptors (Lipinski definition) is 3. The largest absolute Gasteiger partial charge is 0.382 e. The van der Waals surface area contributed by atoms with E-state index in [2.05, 4.69) is 58.1 Å². The van der Waals surface area contributed by atoms with Crippen LogP contribution in [0.5, 0.6) is 0 Å². The van der Waals surface area contributed by atoms with E-state index in [1.54, 1.807) is 0 Å². The maximum Gasteiger partial charge on any atom is 0.0737 e. The number of nitrogens with one attached hydrogen (secondary N) is 2. The average molecular weight is 408 g/mol. The standard InChI is InChI=1S/C25H30ClN3/c26-20-9-14-23-24(15-17-28-25(23)18-20)29-22-12-10-21(11-13-22)27-16-5-4-8-19-6-2-1-3-7-19/h1-3,6-7,9,14-15,17-18,21-22,27H,4-5,8,10-13,16H2,(H,28,29)/t21-,22+. The van der Waals surface area contributed by atoms with E-state index in [0.717, 1.165) is 22.5 Å². The van der Waals surface area contributed by atoms with E-state index < -0.39 is 0 Å². The van der Waals surface area contributed by atoms with Crippen molar-refractivity contribution < 1.29 is 0 Å². The Kier molecular flexibility index (Phi) is 7.02. The van der Waals surface area contributed by atoms with Gasteiger partial charge in [-0.3, -0.25) is 4.98 Å². The number of benzene rings is 2. The fourth-order valence-electron chi connectivity index (χ4n) is 4.31. The van der Waals surface area contributed by atoms with Gasteiger partial charge >= 0.3 is 0 Å². The zero-order valence-electron chi connectivity index (χ0n) is 16.9. The van der Waals surface area contributed by atoms with Gasteiger partial charge in [0.2, 0.25) is 0 Å². The van der Waals surface area contributed by atoms with Crippen molar-refractivity contribution in [1.29, 1.82) is 0 Å². The molecule has 0 atom stereocenters. The number of anilines is 1. The molecule has 0 bridgehead atoms.